The van der Waals surface area contributed by atoms with Gasteiger partial charge in [-0.15, -0.1) is 0 Å². The molecule has 0 saturated carbocycles. The van der Waals surface area contributed by atoms with Crippen LogP contribution in [0.15, 0.2) is 11.6 Å². The molecule has 0 aromatic carbocycles. The molecule has 0 radical (unpaired) electrons. The van der Waals surface area contributed by atoms with E-state index in [1.165, 1.54) is 5.57 Å². The number of carbonyl (C=O) groups is 1. The Labute approximate surface area is 95.0 Å². The van der Waals surface area contributed by atoms with Crippen molar-refractivity contribution >= 4 is 5.78 Å². The van der Waals surface area contributed by atoms with Crippen molar-refractivity contribution in [3.8, 4) is 0 Å². The maximum atomic E-state index is 11.1. The van der Waals surface area contributed by atoms with Crippen LogP contribution in [0.5, 0.6) is 0 Å². The van der Waals surface area contributed by atoms with Crippen molar-refractivity contribution in [2.24, 2.45) is 16.7 Å². The average Bonchev–Trinajstić information content (AvgIpc) is 1.74. The SMILES string of the molecule is CC(=O)C=C(C)C(C(C)(C)C)C(C)(C)C. The second-order valence-electron chi connectivity index (χ2n) is 6.66. The summed E-state index contributed by atoms with van der Waals surface area (Å²) in [5.41, 5.74) is 1.57. The molecule has 0 bridgehead atoms. The van der Waals surface area contributed by atoms with Crippen molar-refractivity contribution in [2.75, 3.05) is 0 Å². The number of rotatable bonds is 2. The second kappa shape index (κ2) is 4.51. The molecule has 0 N–H and O–H groups in total. The number of hydrogen-bond donors (Lipinski definition) is 0. The molecular formula is C14H26O. The highest BCUT2D eigenvalue weighted by atomic mass is 16.1. The molecular weight excluding hydrogens is 184 g/mol. The Balaban J connectivity index is 5.24. The van der Waals surface area contributed by atoms with E-state index in [0.29, 0.717) is 5.92 Å². The molecule has 0 saturated heterocycles. The highest BCUT2D eigenvalue weighted by Crippen LogP contribution is 2.44. The minimum absolute atomic E-state index is 0.144. The summed E-state index contributed by atoms with van der Waals surface area (Å²) in [5.74, 6) is 0.569. The van der Waals surface area contributed by atoms with E-state index in [9.17, 15) is 4.79 Å². The van der Waals surface area contributed by atoms with Crippen LogP contribution in [0.1, 0.15) is 55.4 Å². The minimum Gasteiger partial charge on any atom is -0.295 e. The van der Waals surface area contributed by atoms with Gasteiger partial charge in [0.2, 0.25) is 0 Å². The van der Waals surface area contributed by atoms with Crippen LogP contribution in [-0.4, -0.2) is 5.78 Å². The fourth-order valence-electron chi connectivity index (χ4n) is 3.07. The quantitative estimate of drug-likeness (QED) is 0.623. The predicted molar refractivity (Wildman–Crippen MR) is 66.8 cm³/mol. The van der Waals surface area contributed by atoms with Gasteiger partial charge in [-0.25, -0.2) is 0 Å². The van der Waals surface area contributed by atoms with E-state index in [-0.39, 0.29) is 16.6 Å². The Hall–Kier alpha value is -0.590. The highest BCUT2D eigenvalue weighted by Gasteiger charge is 2.35. The molecule has 1 nitrogen and oxygen atoms in total. The fraction of sp³-hybridized carbons (Fsp3) is 0.786. The van der Waals surface area contributed by atoms with Gasteiger partial charge in [-0.2, -0.15) is 0 Å². The first-order chi connectivity index (χ1) is 6.46. The normalized spacial score (nSPS) is 14.6. The predicted octanol–water partition coefficient (Wildman–Crippen LogP) is 4.23. The molecule has 0 aromatic heterocycles. The van der Waals surface area contributed by atoms with Crippen molar-refractivity contribution in [1.82, 2.24) is 0 Å². The van der Waals surface area contributed by atoms with Crippen LogP contribution >= 0.6 is 0 Å². The van der Waals surface area contributed by atoms with Crippen molar-refractivity contribution in [2.45, 2.75) is 55.4 Å². The first-order valence-electron chi connectivity index (χ1n) is 5.65. The van der Waals surface area contributed by atoms with Crippen LogP contribution in [-0.2, 0) is 4.79 Å². The van der Waals surface area contributed by atoms with Gasteiger partial charge in [-0.3, -0.25) is 4.79 Å². The van der Waals surface area contributed by atoms with E-state index < -0.39 is 0 Å². The van der Waals surface area contributed by atoms with Crippen LogP contribution in [0.2, 0.25) is 0 Å². The summed E-state index contributed by atoms with van der Waals surface area (Å²) in [7, 11) is 0. The molecule has 0 aliphatic rings. The third kappa shape index (κ3) is 4.63. The zero-order valence-corrected chi connectivity index (χ0v) is 11.6. The van der Waals surface area contributed by atoms with Gasteiger partial charge in [0.25, 0.3) is 0 Å². The molecule has 0 fully saturated rings. The van der Waals surface area contributed by atoms with E-state index in [0.717, 1.165) is 0 Å². The molecule has 0 aliphatic heterocycles. The molecule has 0 heterocycles. The number of hydrogen-bond acceptors (Lipinski definition) is 1. The highest BCUT2D eigenvalue weighted by molar-refractivity contribution is 5.87. The van der Waals surface area contributed by atoms with E-state index in [2.05, 4.69) is 48.5 Å². The maximum Gasteiger partial charge on any atom is 0.152 e. The van der Waals surface area contributed by atoms with E-state index >= 15 is 0 Å². The van der Waals surface area contributed by atoms with Gasteiger partial charge in [0.15, 0.2) is 5.78 Å². The third-order valence-electron chi connectivity index (χ3n) is 2.62. The first-order valence-corrected chi connectivity index (χ1v) is 5.65. The lowest BCUT2D eigenvalue weighted by Gasteiger charge is -2.41. The molecule has 0 amide bonds. The van der Waals surface area contributed by atoms with Crippen LogP contribution < -0.4 is 0 Å². The zero-order chi connectivity index (χ0) is 12.4. The topological polar surface area (TPSA) is 17.1 Å². The van der Waals surface area contributed by atoms with Gasteiger partial charge < -0.3 is 0 Å². The van der Waals surface area contributed by atoms with Gasteiger partial charge >= 0.3 is 0 Å². The van der Waals surface area contributed by atoms with Crippen molar-refractivity contribution in [3.05, 3.63) is 11.6 Å². The summed E-state index contributed by atoms with van der Waals surface area (Å²) in [5, 5.41) is 0. The van der Waals surface area contributed by atoms with E-state index in [4.69, 9.17) is 0 Å². The zero-order valence-electron chi connectivity index (χ0n) is 11.6. The average molecular weight is 210 g/mol. The summed E-state index contributed by atoms with van der Waals surface area (Å²) >= 11 is 0. The van der Waals surface area contributed by atoms with Crippen molar-refractivity contribution < 1.29 is 4.79 Å². The molecule has 0 spiro atoms. The van der Waals surface area contributed by atoms with Crippen LogP contribution in [0.4, 0.5) is 0 Å². The fourth-order valence-corrected chi connectivity index (χ4v) is 3.07. The molecule has 1 heteroatoms. The van der Waals surface area contributed by atoms with Crippen molar-refractivity contribution in [1.29, 1.82) is 0 Å². The minimum atomic E-state index is 0.144. The van der Waals surface area contributed by atoms with Gasteiger partial charge in [0.05, 0.1) is 0 Å². The van der Waals surface area contributed by atoms with Gasteiger partial charge in [0.1, 0.15) is 0 Å². The van der Waals surface area contributed by atoms with E-state index in [1.807, 2.05) is 0 Å². The summed E-state index contributed by atoms with van der Waals surface area (Å²) in [6.45, 7) is 17.1. The molecule has 0 aromatic rings. The molecule has 0 aliphatic carbocycles. The Bertz CT molecular complexity index is 244. The lowest BCUT2D eigenvalue weighted by atomic mass is 9.63. The lowest BCUT2D eigenvalue weighted by molar-refractivity contribution is -0.112. The van der Waals surface area contributed by atoms with Crippen LogP contribution in [0.25, 0.3) is 0 Å². The van der Waals surface area contributed by atoms with Crippen LogP contribution in [0.3, 0.4) is 0 Å². The second-order valence-corrected chi connectivity index (χ2v) is 6.66. The van der Waals surface area contributed by atoms with E-state index in [1.54, 1.807) is 13.0 Å². The Kier molecular flexibility index (Phi) is 4.33. The lowest BCUT2D eigenvalue weighted by Crippen LogP contribution is -2.33. The van der Waals surface area contributed by atoms with Gasteiger partial charge in [-0.05, 0) is 36.7 Å². The first kappa shape index (κ1) is 14.4. The summed E-state index contributed by atoms with van der Waals surface area (Å²) in [6.07, 6.45) is 1.78. The summed E-state index contributed by atoms with van der Waals surface area (Å²) in [4.78, 5) is 11.1. The molecule has 15 heavy (non-hydrogen) atoms. The smallest absolute Gasteiger partial charge is 0.152 e. The number of carbonyl (C=O) groups excluding carboxylic acids is 1. The Morgan fingerprint density at radius 1 is 0.933 bits per heavy atom. The summed E-state index contributed by atoms with van der Waals surface area (Å²) in [6, 6.07) is 0. The Morgan fingerprint density at radius 2 is 1.27 bits per heavy atom. The standard InChI is InChI=1S/C14H26O/c1-10(9-11(2)15)12(13(3,4)5)14(6,7)8/h9,12H,1-8H3. The van der Waals surface area contributed by atoms with Crippen molar-refractivity contribution in [3.63, 3.8) is 0 Å². The van der Waals surface area contributed by atoms with Crippen LogP contribution in [0, 0.1) is 16.7 Å². The third-order valence-corrected chi connectivity index (χ3v) is 2.62. The molecule has 0 unspecified atom stereocenters. The van der Waals surface area contributed by atoms with Gasteiger partial charge in [0, 0.05) is 0 Å². The molecule has 0 atom stereocenters. The largest absolute Gasteiger partial charge is 0.295 e. The number of allylic oxidation sites excluding steroid dienone is 2. The monoisotopic (exact) mass is 210 g/mol. The van der Waals surface area contributed by atoms with Gasteiger partial charge in [-0.1, -0.05) is 47.1 Å². The molecule has 88 valence electrons. The Morgan fingerprint density at radius 3 is 1.47 bits per heavy atom. The number of ketones is 1. The summed E-state index contributed by atoms with van der Waals surface area (Å²) < 4.78 is 0. The maximum absolute atomic E-state index is 11.1. The molecule has 0 rings (SSSR count).